The van der Waals surface area contributed by atoms with Crippen molar-refractivity contribution in [3.8, 4) is 0 Å². The number of methoxy groups -OCH3 is 1. The summed E-state index contributed by atoms with van der Waals surface area (Å²) in [5, 5.41) is 7.57. The first-order valence-corrected chi connectivity index (χ1v) is 5.84. The third-order valence-corrected chi connectivity index (χ3v) is 3.48. The molecule has 92 valence electrons. The zero-order valence-electron chi connectivity index (χ0n) is 10.9. The van der Waals surface area contributed by atoms with Crippen molar-refractivity contribution in [3.05, 3.63) is 18.0 Å². The van der Waals surface area contributed by atoms with Gasteiger partial charge in [0.15, 0.2) is 0 Å². The number of likely N-dealkylation sites (N-methyl/N-ethyl adjacent to an activating group) is 1. The number of ether oxygens (including phenoxy) is 1. The van der Waals surface area contributed by atoms with Gasteiger partial charge in [0.25, 0.3) is 0 Å². The predicted molar refractivity (Wildman–Crippen MR) is 65.3 cm³/mol. The molecule has 0 saturated carbocycles. The summed E-state index contributed by atoms with van der Waals surface area (Å²) in [5.41, 5.74) is 1.02. The monoisotopic (exact) mass is 225 g/mol. The quantitative estimate of drug-likeness (QED) is 0.803. The molecule has 1 aromatic rings. The van der Waals surface area contributed by atoms with E-state index in [9.17, 15) is 0 Å². The maximum Gasteiger partial charge on any atom is 0.0868 e. The summed E-state index contributed by atoms with van der Waals surface area (Å²) < 4.78 is 7.58. The maximum absolute atomic E-state index is 5.75. The summed E-state index contributed by atoms with van der Waals surface area (Å²) in [5.74, 6) is 0. The van der Waals surface area contributed by atoms with E-state index in [4.69, 9.17) is 4.74 Å². The molecule has 0 saturated heterocycles. The van der Waals surface area contributed by atoms with E-state index >= 15 is 0 Å². The molecule has 1 atom stereocenters. The molecular formula is C12H23N3O. The largest absolute Gasteiger partial charge is 0.376 e. The van der Waals surface area contributed by atoms with E-state index < -0.39 is 0 Å². The van der Waals surface area contributed by atoms with Crippen LogP contribution in [0.4, 0.5) is 0 Å². The van der Waals surface area contributed by atoms with Gasteiger partial charge in [0.1, 0.15) is 0 Å². The Morgan fingerprint density at radius 3 is 2.44 bits per heavy atom. The maximum atomic E-state index is 5.75. The van der Waals surface area contributed by atoms with Crippen molar-refractivity contribution in [2.24, 2.45) is 7.05 Å². The second-order valence-electron chi connectivity index (χ2n) is 4.15. The van der Waals surface area contributed by atoms with Crippen LogP contribution in [0.25, 0.3) is 0 Å². The lowest BCUT2D eigenvalue weighted by molar-refractivity contribution is -0.0468. The number of aryl methyl sites for hydroxylation is 1. The summed E-state index contributed by atoms with van der Waals surface area (Å²) in [4.78, 5) is 0. The van der Waals surface area contributed by atoms with Crippen LogP contribution in [0.2, 0.25) is 0 Å². The van der Waals surface area contributed by atoms with Crippen LogP contribution in [0.5, 0.6) is 0 Å². The molecule has 1 aromatic heterocycles. The lowest BCUT2D eigenvalue weighted by Gasteiger charge is -2.37. The zero-order valence-corrected chi connectivity index (χ0v) is 10.9. The van der Waals surface area contributed by atoms with E-state index in [1.54, 1.807) is 7.11 Å². The number of nitrogens with zero attached hydrogens (tertiary/aromatic N) is 2. The van der Waals surface area contributed by atoms with Crippen LogP contribution in [-0.2, 0) is 11.8 Å². The molecule has 0 fully saturated rings. The highest BCUT2D eigenvalue weighted by Gasteiger charge is 2.36. The van der Waals surface area contributed by atoms with E-state index in [0.717, 1.165) is 12.8 Å². The second kappa shape index (κ2) is 5.46. The zero-order chi connectivity index (χ0) is 12.2. The van der Waals surface area contributed by atoms with Crippen molar-refractivity contribution in [2.75, 3.05) is 14.2 Å². The van der Waals surface area contributed by atoms with Crippen molar-refractivity contribution in [2.45, 2.75) is 38.3 Å². The molecule has 0 aliphatic rings. The SMILES string of the molecule is CCC(CC)(OC)C(NC)c1cnn(C)c1. The first kappa shape index (κ1) is 13.2. The van der Waals surface area contributed by atoms with Gasteiger partial charge < -0.3 is 10.1 Å². The van der Waals surface area contributed by atoms with Crippen LogP contribution < -0.4 is 5.32 Å². The highest BCUT2D eigenvalue weighted by molar-refractivity contribution is 5.16. The Balaban J connectivity index is 3.04. The molecule has 16 heavy (non-hydrogen) atoms. The number of nitrogens with one attached hydrogen (secondary N) is 1. The molecule has 0 aliphatic heterocycles. The fourth-order valence-corrected chi connectivity index (χ4v) is 2.39. The van der Waals surface area contributed by atoms with Gasteiger partial charge >= 0.3 is 0 Å². The molecule has 0 aromatic carbocycles. The molecule has 0 radical (unpaired) electrons. The van der Waals surface area contributed by atoms with Crippen LogP contribution in [0, 0.1) is 0 Å². The molecule has 1 heterocycles. The lowest BCUT2D eigenvalue weighted by atomic mass is 9.85. The molecule has 4 heteroatoms. The predicted octanol–water partition coefficient (Wildman–Crippen LogP) is 1.89. The number of hydrogen-bond donors (Lipinski definition) is 1. The smallest absolute Gasteiger partial charge is 0.0868 e. The second-order valence-corrected chi connectivity index (χ2v) is 4.15. The van der Waals surface area contributed by atoms with Crippen molar-refractivity contribution in [1.82, 2.24) is 15.1 Å². The van der Waals surface area contributed by atoms with Crippen LogP contribution in [0.15, 0.2) is 12.4 Å². The first-order valence-electron chi connectivity index (χ1n) is 5.84. The fraction of sp³-hybridized carbons (Fsp3) is 0.750. The summed E-state index contributed by atoms with van der Waals surface area (Å²) in [6.07, 6.45) is 5.89. The highest BCUT2D eigenvalue weighted by atomic mass is 16.5. The third kappa shape index (κ3) is 2.28. The molecule has 0 amide bonds. The van der Waals surface area contributed by atoms with Gasteiger partial charge in [-0.2, -0.15) is 5.10 Å². The van der Waals surface area contributed by atoms with Gasteiger partial charge in [0.05, 0.1) is 17.8 Å². The summed E-state index contributed by atoms with van der Waals surface area (Å²) in [6.45, 7) is 4.32. The van der Waals surface area contributed by atoms with Gasteiger partial charge in [-0.25, -0.2) is 0 Å². The molecule has 1 rings (SSSR count). The first-order chi connectivity index (χ1) is 7.63. The highest BCUT2D eigenvalue weighted by Crippen LogP contribution is 2.34. The summed E-state index contributed by atoms with van der Waals surface area (Å²) in [6, 6.07) is 0.182. The molecule has 4 nitrogen and oxygen atoms in total. The molecule has 1 unspecified atom stereocenters. The molecule has 1 N–H and O–H groups in total. The van der Waals surface area contributed by atoms with Gasteiger partial charge in [-0.15, -0.1) is 0 Å². The van der Waals surface area contributed by atoms with Gasteiger partial charge in [-0.3, -0.25) is 4.68 Å². The number of aromatic nitrogens is 2. The summed E-state index contributed by atoms with van der Waals surface area (Å²) in [7, 11) is 5.69. The van der Waals surface area contributed by atoms with E-state index in [-0.39, 0.29) is 11.6 Å². The standard InChI is InChI=1S/C12H23N3O/c1-6-12(7-2,16-5)11(13-3)10-8-14-15(4)9-10/h8-9,11,13H,6-7H2,1-5H3. The third-order valence-electron chi connectivity index (χ3n) is 3.48. The average molecular weight is 225 g/mol. The van der Waals surface area contributed by atoms with Crippen molar-refractivity contribution in [3.63, 3.8) is 0 Å². The number of hydrogen-bond acceptors (Lipinski definition) is 3. The number of rotatable bonds is 6. The van der Waals surface area contributed by atoms with E-state index in [1.807, 2.05) is 31.2 Å². The van der Waals surface area contributed by atoms with Gasteiger partial charge in [0.2, 0.25) is 0 Å². The Kier molecular flexibility index (Phi) is 4.50. The van der Waals surface area contributed by atoms with Crippen LogP contribution >= 0.6 is 0 Å². The van der Waals surface area contributed by atoms with Crippen LogP contribution in [0.3, 0.4) is 0 Å². The van der Waals surface area contributed by atoms with Gasteiger partial charge in [-0.1, -0.05) is 13.8 Å². The van der Waals surface area contributed by atoms with Gasteiger partial charge in [-0.05, 0) is 19.9 Å². The molecule has 0 spiro atoms. The Morgan fingerprint density at radius 2 is 2.12 bits per heavy atom. The van der Waals surface area contributed by atoms with Gasteiger partial charge in [0, 0.05) is 25.9 Å². The minimum Gasteiger partial charge on any atom is -0.376 e. The summed E-state index contributed by atoms with van der Waals surface area (Å²) >= 11 is 0. The molecule has 0 bridgehead atoms. The fourth-order valence-electron chi connectivity index (χ4n) is 2.39. The van der Waals surface area contributed by atoms with E-state index in [0.29, 0.717) is 0 Å². The Hall–Kier alpha value is -0.870. The van der Waals surface area contributed by atoms with E-state index in [1.165, 1.54) is 5.56 Å². The minimum atomic E-state index is -0.155. The average Bonchev–Trinajstić information content (AvgIpc) is 2.72. The van der Waals surface area contributed by atoms with Crippen LogP contribution in [0.1, 0.15) is 38.3 Å². The Morgan fingerprint density at radius 1 is 1.50 bits per heavy atom. The van der Waals surface area contributed by atoms with Crippen LogP contribution in [-0.4, -0.2) is 29.5 Å². The van der Waals surface area contributed by atoms with Crippen molar-refractivity contribution < 1.29 is 4.74 Å². The van der Waals surface area contributed by atoms with Crippen molar-refractivity contribution in [1.29, 1.82) is 0 Å². The molecule has 0 aliphatic carbocycles. The Bertz CT molecular complexity index is 310. The lowest BCUT2D eigenvalue weighted by Crippen LogP contribution is -2.43. The van der Waals surface area contributed by atoms with Crippen molar-refractivity contribution >= 4 is 0 Å². The topological polar surface area (TPSA) is 39.1 Å². The Labute approximate surface area is 98.0 Å². The normalized spacial score (nSPS) is 14.1. The minimum absolute atomic E-state index is 0.155. The molecular weight excluding hydrogens is 202 g/mol. The van der Waals surface area contributed by atoms with E-state index in [2.05, 4.69) is 24.3 Å².